The fourth-order valence-corrected chi connectivity index (χ4v) is 4.73. The summed E-state index contributed by atoms with van der Waals surface area (Å²) in [6.07, 6.45) is 2.43. The first-order chi connectivity index (χ1) is 15.0. The van der Waals surface area contributed by atoms with Crippen molar-refractivity contribution in [2.24, 2.45) is 0 Å². The predicted molar refractivity (Wildman–Crippen MR) is 114 cm³/mol. The molecule has 0 bridgehead atoms. The van der Waals surface area contributed by atoms with Crippen molar-refractivity contribution in [1.82, 2.24) is 9.62 Å². The van der Waals surface area contributed by atoms with Crippen LogP contribution in [0.25, 0.3) is 0 Å². The van der Waals surface area contributed by atoms with Gasteiger partial charge in [-0.25, -0.2) is 13.1 Å². The van der Waals surface area contributed by atoms with E-state index in [9.17, 15) is 13.2 Å². The zero-order valence-electron chi connectivity index (χ0n) is 17.4. The van der Waals surface area contributed by atoms with Gasteiger partial charge < -0.3 is 19.1 Å². The summed E-state index contributed by atoms with van der Waals surface area (Å²) in [7, 11) is -2.20. The predicted octanol–water partition coefficient (Wildman–Crippen LogP) is 2.33. The van der Waals surface area contributed by atoms with Crippen molar-refractivity contribution < 1.29 is 27.4 Å². The number of fused-ring (bicyclic) bond motifs is 1. The Balaban J connectivity index is 1.42. The number of sulfonamides is 1. The SMILES string of the molecule is COc1cccc(CNS(=O)(=O)c2ccc3c(c2)OCC(C(=O)N2CCCCC2)O3)c1. The van der Waals surface area contributed by atoms with Crippen LogP contribution in [-0.2, 0) is 21.4 Å². The molecular weight excluding hydrogens is 420 g/mol. The lowest BCUT2D eigenvalue weighted by molar-refractivity contribution is -0.142. The van der Waals surface area contributed by atoms with Gasteiger partial charge in [-0.1, -0.05) is 12.1 Å². The summed E-state index contributed by atoms with van der Waals surface area (Å²) in [6, 6.07) is 11.6. The number of carbonyl (C=O) groups is 1. The molecular formula is C22H26N2O6S. The number of piperidine rings is 1. The van der Waals surface area contributed by atoms with E-state index in [4.69, 9.17) is 14.2 Å². The van der Waals surface area contributed by atoms with E-state index in [1.807, 2.05) is 11.0 Å². The molecule has 0 spiro atoms. The number of nitrogens with one attached hydrogen (secondary N) is 1. The first-order valence-corrected chi connectivity index (χ1v) is 11.8. The maximum absolute atomic E-state index is 12.7. The van der Waals surface area contributed by atoms with E-state index in [-0.39, 0.29) is 24.0 Å². The second-order valence-corrected chi connectivity index (χ2v) is 9.36. The molecule has 1 amide bonds. The average Bonchev–Trinajstić information content (AvgIpc) is 2.82. The molecule has 31 heavy (non-hydrogen) atoms. The van der Waals surface area contributed by atoms with Crippen LogP contribution < -0.4 is 18.9 Å². The maximum Gasteiger partial charge on any atom is 0.267 e. The minimum atomic E-state index is -3.76. The molecule has 2 aliphatic rings. The van der Waals surface area contributed by atoms with Gasteiger partial charge in [-0.05, 0) is 49.1 Å². The molecule has 0 saturated carbocycles. The monoisotopic (exact) mass is 446 g/mol. The van der Waals surface area contributed by atoms with Crippen molar-refractivity contribution in [2.45, 2.75) is 36.8 Å². The molecule has 2 aromatic rings. The number of amides is 1. The van der Waals surface area contributed by atoms with Crippen LogP contribution in [0.4, 0.5) is 0 Å². The van der Waals surface area contributed by atoms with Gasteiger partial charge in [-0.2, -0.15) is 0 Å². The first kappa shape index (κ1) is 21.5. The lowest BCUT2D eigenvalue weighted by atomic mass is 10.1. The van der Waals surface area contributed by atoms with Crippen molar-refractivity contribution in [3.05, 3.63) is 48.0 Å². The van der Waals surface area contributed by atoms with Gasteiger partial charge in [0, 0.05) is 25.7 Å². The van der Waals surface area contributed by atoms with E-state index in [1.54, 1.807) is 25.3 Å². The molecule has 0 radical (unpaired) electrons. The fourth-order valence-electron chi connectivity index (χ4n) is 3.70. The zero-order valence-corrected chi connectivity index (χ0v) is 18.2. The molecule has 1 atom stereocenters. The highest BCUT2D eigenvalue weighted by Gasteiger charge is 2.32. The van der Waals surface area contributed by atoms with Gasteiger partial charge in [-0.3, -0.25) is 4.79 Å². The van der Waals surface area contributed by atoms with Crippen LogP contribution in [0, 0.1) is 0 Å². The molecule has 0 aromatic heterocycles. The van der Waals surface area contributed by atoms with E-state index in [0.717, 1.165) is 37.9 Å². The van der Waals surface area contributed by atoms with Crippen molar-refractivity contribution in [1.29, 1.82) is 0 Å². The minimum Gasteiger partial charge on any atom is -0.497 e. The second-order valence-electron chi connectivity index (χ2n) is 7.59. The Labute approximate surface area is 182 Å². The van der Waals surface area contributed by atoms with Gasteiger partial charge in [-0.15, -0.1) is 0 Å². The van der Waals surface area contributed by atoms with Crippen molar-refractivity contribution in [2.75, 3.05) is 26.8 Å². The molecule has 9 heteroatoms. The third kappa shape index (κ3) is 4.94. The van der Waals surface area contributed by atoms with Gasteiger partial charge in [0.25, 0.3) is 5.91 Å². The molecule has 4 rings (SSSR count). The number of hydrogen-bond acceptors (Lipinski definition) is 6. The Morgan fingerprint density at radius 3 is 2.71 bits per heavy atom. The number of likely N-dealkylation sites (tertiary alicyclic amines) is 1. The van der Waals surface area contributed by atoms with Gasteiger partial charge in [0.2, 0.25) is 16.1 Å². The number of rotatable bonds is 6. The number of ether oxygens (including phenoxy) is 3. The summed E-state index contributed by atoms with van der Waals surface area (Å²) in [5.74, 6) is 1.26. The van der Waals surface area contributed by atoms with Gasteiger partial charge >= 0.3 is 0 Å². The van der Waals surface area contributed by atoms with Gasteiger partial charge in [0.1, 0.15) is 12.4 Å². The van der Waals surface area contributed by atoms with E-state index in [1.165, 1.54) is 18.2 Å². The lowest BCUT2D eigenvalue weighted by Crippen LogP contribution is -2.48. The standard InChI is InChI=1S/C22H26N2O6S/c1-28-17-7-5-6-16(12-17)14-23-31(26,27)18-8-9-19-20(13-18)29-15-21(30-19)22(25)24-10-3-2-4-11-24/h5-9,12-13,21,23H,2-4,10-11,14-15H2,1H3. The summed E-state index contributed by atoms with van der Waals surface area (Å²) in [5.41, 5.74) is 0.777. The molecule has 2 aromatic carbocycles. The van der Waals surface area contributed by atoms with E-state index < -0.39 is 16.1 Å². The highest BCUT2D eigenvalue weighted by atomic mass is 32.2. The summed E-state index contributed by atoms with van der Waals surface area (Å²) in [6.45, 7) is 1.66. The third-order valence-electron chi connectivity index (χ3n) is 5.43. The molecule has 1 N–H and O–H groups in total. The van der Waals surface area contributed by atoms with Gasteiger partial charge in [0.05, 0.1) is 12.0 Å². The molecule has 8 nitrogen and oxygen atoms in total. The zero-order chi connectivity index (χ0) is 21.8. The van der Waals surface area contributed by atoms with E-state index in [2.05, 4.69) is 4.72 Å². The van der Waals surface area contributed by atoms with Crippen LogP contribution in [0.3, 0.4) is 0 Å². The Kier molecular flexibility index (Phi) is 6.33. The quantitative estimate of drug-likeness (QED) is 0.732. The van der Waals surface area contributed by atoms with Crippen LogP contribution in [0.5, 0.6) is 17.2 Å². The summed E-state index contributed by atoms with van der Waals surface area (Å²) < 4.78 is 44.7. The molecule has 1 unspecified atom stereocenters. The number of hydrogen-bond donors (Lipinski definition) is 1. The number of methoxy groups -OCH3 is 1. The first-order valence-electron chi connectivity index (χ1n) is 10.3. The maximum atomic E-state index is 12.7. The highest BCUT2D eigenvalue weighted by Crippen LogP contribution is 2.34. The summed E-state index contributed by atoms with van der Waals surface area (Å²) in [5, 5.41) is 0. The van der Waals surface area contributed by atoms with Crippen LogP contribution in [0.1, 0.15) is 24.8 Å². The topological polar surface area (TPSA) is 94.2 Å². The Morgan fingerprint density at radius 2 is 1.94 bits per heavy atom. The van der Waals surface area contributed by atoms with Crippen molar-refractivity contribution in [3.63, 3.8) is 0 Å². The normalized spacial score (nSPS) is 18.5. The molecule has 1 fully saturated rings. The number of carbonyl (C=O) groups excluding carboxylic acids is 1. The Hall–Kier alpha value is -2.78. The number of benzene rings is 2. The smallest absolute Gasteiger partial charge is 0.267 e. The summed E-state index contributed by atoms with van der Waals surface area (Å²) >= 11 is 0. The molecule has 0 aliphatic carbocycles. The highest BCUT2D eigenvalue weighted by molar-refractivity contribution is 7.89. The Bertz CT molecular complexity index is 1050. The van der Waals surface area contributed by atoms with Crippen LogP contribution in [0.2, 0.25) is 0 Å². The minimum absolute atomic E-state index is 0.0586. The van der Waals surface area contributed by atoms with E-state index in [0.29, 0.717) is 17.2 Å². The molecule has 2 aliphatic heterocycles. The fraction of sp³-hybridized carbons (Fsp3) is 0.409. The Morgan fingerprint density at radius 1 is 1.13 bits per heavy atom. The van der Waals surface area contributed by atoms with Gasteiger partial charge in [0.15, 0.2) is 11.5 Å². The van der Waals surface area contributed by atoms with Crippen LogP contribution >= 0.6 is 0 Å². The van der Waals surface area contributed by atoms with Crippen molar-refractivity contribution >= 4 is 15.9 Å². The second kappa shape index (κ2) is 9.15. The van der Waals surface area contributed by atoms with E-state index >= 15 is 0 Å². The molecule has 166 valence electrons. The third-order valence-corrected chi connectivity index (χ3v) is 6.83. The van der Waals surface area contributed by atoms with Crippen LogP contribution in [0.15, 0.2) is 47.4 Å². The lowest BCUT2D eigenvalue weighted by Gasteiger charge is -2.32. The summed E-state index contributed by atoms with van der Waals surface area (Å²) in [4.78, 5) is 14.5. The van der Waals surface area contributed by atoms with Crippen molar-refractivity contribution in [3.8, 4) is 17.2 Å². The number of nitrogens with zero attached hydrogens (tertiary/aromatic N) is 1. The van der Waals surface area contributed by atoms with Crippen LogP contribution in [-0.4, -0.2) is 52.1 Å². The largest absolute Gasteiger partial charge is 0.497 e. The molecule has 2 heterocycles. The molecule has 1 saturated heterocycles. The average molecular weight is 447 g/mol.